The van der Waals surface area contributed by atoms with E-state index in [1.165, 1.54) is 12.8 Å². The summed E-state index contributed by atoms with van der Waals surface area (Å²) < 4.78 is 0. The van der Waals surface area contributed by atoms with E-state index in [1.54, 1.807) is 0 Å². The Kier molecular flexibility index (Phi) is 3.71. The van der Waals surface area contributed by atoms with Crippen LogP contribution in [0.2, 0.25) is 5.15 Å². The maximum atomic E-state index is 10.7. The SMILES string of the molecule is CC1(C)Cc2nc(Cl)c(C#N)c(C3CCCC3)c2C(O)C1. The van der Waals surface area contributed by atoms with Gasteiger partial charge < -0.3 is 5.11 Å². The van der Waals surface area contributed by atoms with Crippen LogP contribution in [0, 0.1) is 16.7 Å². The molecule has 112 valence electrons. The van der Waals surface area contributed by atoms with Crippen LogP contribution >= 0.6 is 11.6 Å². The van der Waals surface area contributed by atoms with Crippen LogP contribution < -0.4 is 0 Å². The van der Waals surface area contributed by atoms with Crippen molar-refractivity contribution in [3.63, 3.8) is 0 Å². The maximum Gasteiger partial charge on any atom is 0.147 e. The number of nitrogens with zero attached hydrogens (tertiary/aromatic N) is 2. The summed E-state index contributed by atoms with van der Waals surface area (Å²) in [6, 6.07) is 2.23. The molecule has 2 aliphatic rings. The van der Waals surface area contributed by atoms with Crippen molar-refractivity contribution in [3.05, 3.63) is 27.5 Å². The summed E-state index contributed by atoms with van der Waals surface area (Å²) in [6.07, 6.45) is 5.53. The van der Waals surface area contributed by atoms with Crippen LogP contribution in [0.15, 0.2) is 0 Å². The number of rotatable bonds is 1. The molecule has 1 aromatic rings. The monoisotopic (exact) mass is 304 g/mol. The van der Waals surface area contributed by atoms with Gasteiger partial charge in [0.1, 0.15) is 11.2 Å². The Morgan fingerprint density at radius 3 is 2.57 bits per heavy atom. The van der Waals surface area contributed by atoms with Gasteiger partial charge in [0.25, 0.3) is 0 Å². The van der Waals surface area contributed by atoms with Gasteiger partial charge in [0, 0.05) is 11.3 Å². The molecule has 1 atom stereocenters. The Hall–Kier alpha value is -1.11. The predicted molar refractivity (Wildman–Crippen MR) is 82.2 cm³/mol. The number of halogens is 1. The Balaban J connectivity index is 2.22. The minimum absolute atomic E-state index is 0.0177. The van der Waals surface area contributed by atoms with E-state index >= 15 is 0 Å². The van der Waals surface area contributed by atoms with Crippen LogP contribution in [0.1, 0.15) is 80.4 Å². The molecular weight excluding hydrogens is 284 g/mol. The molecule has 1 N–H and O–H groups in total. The summed E-state index contributed by atoms with van der Waals surface area (Å²) in [7, 11) is 0. The molecule has 1 aromatic heterocycles. The molecule has 3 nitrogen and oxygen atoms in total. The summed E-state index contributed by atoms with van der Waals surface area (Å²) in [6.45, 7) is 4.28. The van der Waals surface area contributed by atoms with Gasteiger partial charge in [0.05, 0.1) is 11.7 Å². The quantitative estimate of drug-likeness (QED) is 0.788. The van der Waals surface area contributed by atoms with Gasteiger partial charge in [-0.25, -0.2) is 4.98 Å². The van der Waals surface area contributed by atoms with Crippen molar-refractivity contribution in [1.82, 2.24) is 4.98 Å². The molecule has 1 heterocycles. The third-order valence-electron chi connectivity index (χ3n) is 4.91. The summed E-state index contributed by atoms with van der Waals surface area (Å²) in [5.41, 5.74) is 3.30. The average Bonchev–Trinajstić information content (AvgIpc) is 2.88. The molecule has 0 aliphatic heterocycles. The predicted octanol–water partition coefficient (Wildman–Crippen LogP) is 4.27. The summed E-state index contributed by atoms with van der Waals surface area (Å²) in [4.78, 5) is 4.45. The fourth-order valence-corrected chi connectivity index (χ4v) is 4.28. The van der Waals surface area contributed by atoms with Gasteiger partial charge >= 0.3 is 0 Å². The van der Waals surface area contributed by atoms with Crippen molar-refractivity contribution >= 4 is 11.6 Å². The summed E-state index contributed by atoms with van der Waals surface area (Å²) >= 11 is 6.27. The molecule has 1 unspecified atom stereocenters. The minimum atomic E-state index is -0.531. The lowest BCUT2D eigenvalue weighted by molar-refractivity contribution is 0.0968. The third-order valence-corrected chi connectivity index (χ3v) is 5.18. The van der Waals surface area contributed by atoms with Crippen LogP contribution in [-0.4, -0.2) is 10.1 Å². The zero-order valence-electron chi connectivity index (χ0n) is 12.6. The largest absolute Gasteiger partial charge is 0.388 e. The van der Waals surface area contributed by atoms with Gasteiger partial charge in [-0.3, -0.25) is 0 Å². The second-order valence-electron chi connectivity index (χ2n) is 7.21. The topological polar surface area (TPSA) is 56.9 Å². The van der Waals surface area contributed by atoms with Crippen molar-refractivity contribution in [2.75, 3.05) is 0 Å². The highest BCUT2D eigenvalue weighted by Gasteiger charge is 2.37. The highest BCUT2D eigenvalue weighted by Crippen LogP contribution is 2.47. The lowest BCUT2D eigenvalue weighted by atomic mass is 9.72. The first-order chi connectivity index (χ1) is 9.93. The van der Waals surface area contributed by atoms with Gasteiger partial charge in [-0.2, -0.15) is 5.26 Å². The lowest BCUT2D eigenvalue weighted by Crippen LogP contribution is -2.28. The van der Waals surface area contributed by atoms with E-state index in [4.69, 9.17) is 11.6 Å². The first-order valence-electron chi connectivity index (χ1n) is 7.73. The fourth-order valence-electron chi connectivity index (χ4n) is 4.04. The van der Waals surface area contributed by atoms with Gasteiger partial charge in [0.15, 0.2) is 0 Å². The van der Waals surface area contributed by atoms with Crippen molar-refractivity contribution in [2.24, 2.45) is 5.41 Å². The molecule has 0 amide bonds. The van der Waals surface area contributed by atoms with E-state index in [0.717, 1.165) is 36.1 Å². The standard InChI is InChI=1S/C17H21ClN2O/c1-17(2)7-12-15(13(21)8-17)14(10-5-3-4-6-10)11(9-19)16(18)20-12/h10,13,21H,3-8H2,1-2H3. The van der Waals surface area contributed by atoms with Crippen LogP contribution in [-0.2, 0) is 6.42 Å². The van der Waals surface area contributed by atoms with E-state index < -0.39 is 6.10 Å². The van der Waals surface area contributed by atoms with Crippen LogP contribution in [0.25, 0.3) is 0 Å². The smallest absolute Gasteiger partial charge is 0.147 e. The summed E-state index contributed by atoms with van der Waals surface area (Å²) in [5.74, 6) is 0.352. The summed E-state index contributed by atoms with van der Waals surface area (Å²) in [5, 5.41) is 20.5. The van der Waals surface area contributed by atoms with Gasteiger partial charge in [-0.15, -0.1) is 0 Å². The number of nitriles is 1. The molecule has 0 radical (unpaired) electrons. The van der Waals surface area contributed by atoms with Crippen molar-refractivity contribution < 1.29 is 5.11 Å². The fraction of sp³-hybridized carbons (Fsp3) is 0.647. The molecule has 0 bridgehead atoms. The van der Waals surface area contributed by atoms with Crippen LogP contribution in [0.3, 0.4) is 0 Å². The highest BCUT2D eigenvalue weighted by molar-refractivity contribution is 6.30. The first kappa shape index (κ1) is 14.8. The number of pyridine rings is 1. The third kappa shape index (κ3) is 2.56. The normalized spacial score (nSPS) is 24.6. The molecule has 2 aliphatic carbocycles. The van der Waals surface area contributed by atoms with E-state index in [0.29, 0.717) is 23.1 Å². The van der Waals surface area contributed by atoms with Crippen molar-refractivity contribution in [1.29, 1.82) is 5.26 Å². The van der Waals surface area contributed by atoms with Crippen molar-refractivity contribution in [3.8, 4) is 6.07 Å². The van der Waals surface area contributed by atoms with Crippen LogP contribution in [0.5, 0.6) is 0 Å². The van der Waals surface area contributed by atoms with E-state index in [1.807, 2.05) is 0 Å². The second kappa shape index (κ2) is 5.26. The number of aliphatic hydroxyl groups is 1. The number of fused-ring (bicyclic) bond motifs is 1. The molecular formula is C17H21ClN2O. The molecule has 21 heavy (non-hydrogen) atoms. The number of hydrogen-bond acceptors (Lipinski definition) is 3. The molecule has 3 rings (SSSR count). The number of hydrogen-bond donors (Lipinski definition) is 1. The van der Waals surface area contributed by atoms with E-state index in [9.17, 15) is 10.4 Å². The zero-order valence-corrected chi connectivity index (χ0v) is 13.4. The lowest BCUT2D eigenvalue weighted by Gasteiger charge is -2.36. The molecule has 0 aromatic carbocycles. The van der Waals surface area contributed by atoms with Gasteiger partial charge in [-0.1, -0.05) is 38.3 Å². The Morgan fingerprint density at radius 1 is 1.29 bits per heavy atom. The molecule has 4 heteroatoms. The van der Waals surface area contributed by atoms with Gasteiger partial charge in [0.2, 0.25) is 0 Å². The molecule has 1 saturated carbocycles. The highest BCUT2D eigenvalue weighted by atomic mass is 35.5. The van der Waals surface area contributed by atoms with Crippen molar-refractivity contribution in [2.45, 2.75) is 64.4 Å². The number of aliphatic hydroxyl groups excluding tert-OH is 1. The van der Waals surface area contributed by atoms with Crippen LogP contribution in [0.4, 0.5) is 0 Å². The minimum Gasteiger partial charge on any atom is -0.388 e. The zero-order chi connectivity index (χ0) is 15.2. The number of aromatic nitrogens is 1. The first-order valence-corrected chi connectivity index (χ1v) is 8.11. The molecule has 0 saturated heterocycles. The molecule has 1 fully saturated rings. The van der Waals surface area contributed by atoms with E-state index in [2.05, 4.69) is 24.9 Å². The Labute approximate surface area is 131 Å². The second-order valence-corrected chi connectivity index (χ2v) is 7.56. The molecule has 0 spiro atoms. The average molecular weight is 305 g/mol. The Morgan fingerprint density at radius 2 is 1.95 bits per heavy atom. The Bertz CT molecular complexity index is 612. The van der Waals surface area contributed by atoms with Gasteiger partial charge in [-0.05, 0) is 42.6 Å². The maximum absolute atomic E-state index is 10.7. The van der Waals surface area contributed by atoms with E-state index in [-0.39, 0.29) is 5.41 Å².